The standard InChI is InChI=1S/C19H28F4O4/c1-4-18(2,3)17(25)27-14-9-11-7-12(14)13(8-11)16(24)26-6-5-19(22,23)10-15(20)21/h11-15H,4-10H2,1-3H3. The number of halogens is 4. The number of hydrogen-bond donors (Lipinski definition) is 0. The normalized spacial score (nSPS) is 27.9. The van der Waals surface area contributed by atoms with Crippen LogP contribution < -0.4 is 0 Å². The summed E-state index contributed by atoms with van der Waals surface area (Å²) < 4.78 is 61.3. The van der Waals surface area contributed by atoms with Crippen LogP contribution in [0.5, 0.6) is 0 Å². The number of carbonyl (C=O) groups excluding carboxylic acids is 2. The van der Waals surface area contributed by atoms with Gasteiger partial charge in [-0.3, -0.25) is 9.59 Å². The lowest BCUT2D eigenvalue weighted by Crippen LogP contribution is -2.37. The Labute approximate surface area is 157 Å². The number of ether oxygens (including phenoxy) is 2. The Balaban J connectivity index is 1.85. The van der Waals surface area contributed by atoms with Gasteiger partial charge in [-0.25, -0.2) is 17.6 Å². The van der Waals surface area contributed by atoms with Crippen molar-refractivity contribution in [2.45, 2.75) is 77.7 Å². The molecule has 156 valence electrons. The molecule has 0 heterocycles. The first-order valence-corrected chi connectivity index (χ1v) is 9.49. The van der Waals surface area contributed by atoms with E-state index >= 15 is 0 Å². The van der Waals surface area contributed by atoms with Crippen molar-refractivity contribution in [3.63, 3.8) is 0 Å². The Kier molecular flexibility index (Phi) is 6.79. The van der Waals surface area contributed by atoms with E-state index < -0.39 is 49.1 Å². The molecule has 0 radical (unpaired) electrons. The van der Waals surface area contributed by atoms with Crippen LogP contribution in [0.4, 0.5) is 17.6 Å². The zero-order valence-electron chi connectivity index (χ0n) is 16.0. The summed E-state index contributed by atoms with van der Waals surface area (Å²) in [6, 6.07) is 0. The van der Waals surface area contributed by atoms with Gasteiger partial charge >= 0.3 is 11.9 Å². The van der Waals surface area contributed by atoms with Crippen molar-refractivity contribution in [3.05, 3.63) is 0 Å². The molecule has 0 aromatic carbocycles. The van der Waals surface area contributed by atoms with Crippen molar-refractivity contribution in [2.24, 2.45) is 23.2 Å². The van der Waals surface area contributed by atoms with E-state index in [1.54, 1.807) is 13.8 Å². The third kappa shape index (κ3) is 5.57. The minimum atomic E-state index is -3.56. The Morgan fingerprint density at radius 1 is 1.15 bits per heavy atom. The van der Waals surface area contributed by atoms with Gasteiger partial charge in [-0.05, 0) is 45.4 Å². The van der Waals surface area contributed by atoms with Gasteiger partial charge in [-0.15, -0.1) is 0 Å². The molecule has 2 aliphatic carbocycles. The lowest BCUT2D eigenvalue weighted by Gasteiger charge is -2.31. The van der Waals surface area contributed by atoms with E-state index in [1.165, 1.54) is 0 Å². The van der Waals surface area contributed by atoms with Crippen LogP contribution in [0.25, 0.3) is 0 Å². The van der Waals surface area contributed by atoms with Crippen molar-refractivity contribution in [3.8, 4) is 0 Å². The molecule has 0 aromatic heterocycles. The van der Waals surface area contributed by atoms with Gasteiger partial charge in [0.05, 0.1) is 24.4 Å². The summed E-state index contributed by atoms with van der Waals surface area (Å²) in [7, 11) is 0. The monoisotopic (exact) mass is 396 g/mol. The number of rotatable bonds is 9. The first-order chi connectivity index (χ1) is 12.4. The van der Waals surface area contributed by atoms with E-state index in [2.05, 4.69) is 0 Å². The average Bonchev–Trinajstić information content (AvgIpc) is 3.13. The molecule has 0 N–H and O–H groups in total. The van der Waals surface area contributed by atoms with Gasteiger partial charge in [-0.1, -0.05) is 6.92 Å². The Hall–Kier alpha value is -1.34. The van der Waals surface area contributed by atoms with Gasteiger partial charge in [0.15, 0.2) is 0 Å². The van der Waals surface area contributed by atoms with Crippen LogP contribution in [0.1, 0.15) is 59.3 Å². The average molecular weight is 396 g/mol. The molecule has 0 saturated heterocycles. The van der Waals surface area contributed by atoms with Crippen LogP contribution >= 0.6 is 0 Å². The quantitative estimate of drug-likeness (QED) is 0.422. The van der Waals surface area contributed by atoms with Crippen LogP contribution in [0.15, 0.2) is 0 Å². The highest BCUT2D eigenvalue weighted by atomic mass is 19.3. The lowest BCUT2D eigenvalue weighted by molar-refractivity contribution is -0.168. The minimum absolute atomic E-state index is 0.166. The molecule has 27 heavy (non-hydrogen) atoms. The maximum Gasteiger partial charge on any atom is 0.311 e. The molecule has 0 amide bonds. The second-order valence-corrected chi connectivity index (χ2v) is 8.39. The minimum Gasteiger partial charge on any atom is -0.465 e. The van der Waals surface area contributed by atoms with Gasteiger partial charge in [-0.2, -0.15) is 0 Å². The molecule has 0 aliphatic heterocycles. The number of esters is 2. The molecule has 4 atom stereocenters. The van der Waals surface area contributed by atoms with Crippen molar-refractivity contribution in [1.29, 1.82) is 0 Å². The molecule has 8 heteroatoms. The summed E-state index contributed by atoms with van der Waals surface area (Å²) in [6.07, 6.45) is -3.27. The molecule has 2 rings (SSSR count). The van der Waals surface area contributed by atoms with Gasteiger partial charge < -0.3 is 9.47 Å². The predicted molar refractivity (Wildman–Crippen MR) is 89.4 cm³/mol. The highest BCUT2D eigenvalue weighted by Crippen LogP contribution is 2.50. The molecule has 2 saturated carbocycles. The molecule has 2 fully saturated rings. The van der Waals surface area contributed by atoms with Crippen LogP contribution in [0, 0.1) is 23.2 Å². The maximum absolute atomic E-state index is 13.3. The summed E-state index contributed by atoms with van der Waals surface area (Å²) in [4.78, 5) is 24.6. The lowest BCUT2D eigenvalue weighted by atomic mass is 9.86. The van der Waals surface area contributed by atoms with Crippen LogP contribution in [-0.2, 0) is 19.1 Å². The summed E-state index contributed by atoms with van der Waals surface area (Å²) in [5, 5.41) is 0. The smallest absolute Gasteiger partial charge is 0.311 e. The largest absolute Gasteiger partial charge is 0.465 e. The fraction of sp³-hybridized carbons (Fsp3) is 0.895. The molecule has 4 unspecified atom stereocenters. The number of hydrogen-bond acceptors (Lipinski definition) is 4. The van der Waals surface area contributed by atoms with Gasteiger partial charge in [0.25, 0.3) is 5.92 Å². The van der Waals surface area contributed by atoms with Gasteiger partial charge in [0, 0.05) is 12.3 Å². The predicted octanol–water partition coefficient (Wildman–Crippen LogP) is 4.60. The molecule has 2 bridgehead atoms. The Bertz CT molecular complexity index is 550. The highest BCUT2D eigenvalue weighted by Gasteiger charge is 2.52. The maximum atomic E-state index is 13.3. The molecular weight excluding hydrogens is 368 g/mol. The van der Waals surface area contributed by atoms with E-state index in [4.69, 9.17) is 9.47 Å². The topological polar surface area (TPSA) is 52.6 Å². The Morgan fingerprint density at radius 3 is 2.37 bits per heavy atom. The summed E-state index contributed by atoms with van der Waals surface area (Å²) >= 11 is 0. The zero-order valence-corrected chi connectivity index (χ0v) is 16.0. The second kappa shape index (κ2) is 8.35. The first-order valence-electron chi connectivity index (χ1n) is 9.49. The highest BCUT2D eigenvalue weighted by molar-refractivity contribution is 5.76. The fourth-order valence-electron chi connectivity index (χ4n) is 3.87. The molecule has 0 aromatic rings. The fourth-order valence-corrected chi connectivity index (χ4v) is 3.87. The van der Waals surface area contributed by atoms with E-state index in [-0.39, 0.29) is 23.9 Å². The zero-order chi connectivity index (χ0) is 20.4. The van der Waals surface area contributed by atoms with Crippen LogP contribution in [0.3, 0.4) is 0 Å². The van der Waals surface area contributed by atoms with Crippen molar-refractivity contribution in [1.82, 2.24) is 0 Å². The van der Waals surface area contributed by atoms with Crippen molar-refractivity contribution in [2.75, 3.05) is 6.61 Å². The van der Waals surface area contributed by atoms with E-state index in [1.807, 2.05) is 6.92 Å². The number of fused-ring (bicyclic) bond motifs is 2. The first kappa shape index (κ1) is 22.0. The molecule has 2 aliphatic rings. The Morgan fingerprint density at radius 2 is 1.81 bits per heavy atom. The van der Waals surface area contributed by atoms with E-state index in [9.17, 15) is 27.2 Å². The summed E-state index contributed by atoms with van der Waals surface area (Å²) in [5.74, 6) is -4.88. The van der Waals surface area contributed by atoms with Crippen LogP contribution in [-0.4, -0.2) is 37.0 Å². The molecule has 0 spiro atoms. The summed E-state index contributed by atoms with van der Waals surface area (Å²) in [5.41, 5.74) is -0.603. The third-order valence-corrected chi connectivity index (χ3v) is 5.92. The summed E-state index contributed by atoms with van der Waals surface area (Å²) in [6.45, 7) is 4.90. The molecular formula is C19H28F4O4. The van der Waals surface area contributed by atoms with E-state index in [0.717, 1.165) is 6.42 Å². The van der Waals surface area contributed by atoms with Crippen LogP contribution in [0.2, 0.25) is 0 Å². The molecule has 4 nitrogen and oxygen atoms in total. The second-order valence-electron chi connectivity index (χ2n) is 8.39. The van der Waals surface area contributed by atoms with Crippen molar-refractivity contribution < 1.29 is 36.6 Å². The third-order valence-electron chi connectivity index (χ3n) is 5.92. The van der Waals surface area contributed by atoms with Crippen molar-refractivity contribution >= 4 is 11.9 Å². The SMILES string of the molecule is CCC(C)(C)C(=O)OC1CC2CC(C(=O)OCCC(F)(F)CC(F)F)C1C2. The number of alkyl halides is 4. The van der Waals surface area contributed by atoms with Gasteiger partial charge in [0.1, 0.15) is 6.10 Å². The number of carbonyl (C=O) groups is 2. The van der Waals surface area contributed by atoms with Gasteiger partial charge in [0.2, 0.25) is 6.43 Å². The van der Waals surface area contributed by atoms with E-state index in [0.29, 0.717) is 19.3 Å².